The highest BCUT2D eigenvalue weighted by molar-refractivity contribution is 6.31. The normalized spacial score (nSPS) is 10.7. The second kappa shape index (κ2) is 7.98. The van der Waals surface area contributed by atoms with Gasteiger partial charge in [0.15, 0.2) is 5.69 Å². The first-order valence-electron chi connectivity index (χ1n) is 8.29. The third-order valence-corrected chi connectivity index (χ3v) is 4.09. The van der Waals surface area contributed by atoms with Gasteiger partial charge in [0.2, 0.25) is 5.82 Å². The summed E-state index contributed by atoms with van der Waals surface area (Å²) in [5.74, 6) is -0.347. The maximum absolute atomic E-state index is 12.0. The van der Waals surface area contributed by atoms with Gasteiger partial charge in [-0.2, -0.15) is 5.26 Å². The molecule has 0 aliphatic carbocycles. The fourth-order valence-electron chi connectivity index (χ4n) is 2.56. The maximum Gasteiger partial charge on any atom is 0.358 e. The summed E-state index contributed by atoms with van der Waals surface area (Å²) in [6.07, 6.45) is 4.88. The summed E-state index contributed by atoms with van der Waals surface area (Å²) in [5.41, 5.74) is 1.92. The number of imidazole rings is 1. The van der Waals surface area contributed by atoms with Crippen molar-refractivity contribution in [3.05, 3.63) is 58.8 Å². The minimum Gasteiger partial charge on any atom is -0.461 e. The van der Waals surface area contributed by atoms with Crippen molar-refractivity contribution in [1.82, 2.24) is 14.5 Å². The number of rotatable bonds is 6. The van der Waals surface area contributed by atoms with Crippen LogP contribution in [0.25, 0.3) is 10.9 Å². The smallest absolute Gasteiger partial charge is 0.358 e. The van der Waals surface area contributed by atoms with Gasteiger partial charge in [-0.1, -0.05) is 31.0 Å². The van der Waals surface area contributed by atoms with Gasteiger partial charge in [-0.3, -0.25) is 4.98 Å². The van der Waals surface area contributed by atoms with Crippen molar-refractivity contribution in [3.63, 3.8) is 0 Å². The zero-order valence-electron chi connectivity index (χ0n) is 14.3. The summed E-state index contributed by atoms with van der Waals surface area (Å²) < 4.78 is 6.79. The lowest BCUT2D eigenvalue weighted by molar-refractivity contribution is 0.0493. The van der Waals surface area contributed by atoms with Crippen molar-refractivity contribution in [2.24, 2.45) is 0 Å². The van der Waals surface area contributed by atoms with Crippen LogP contribution >= 0.6 is 11.6 Å². The van der Waals surface area contributed by atoms with Gasteiger partial charge in [-0.25, -0.2) is 9.78 Å². The number of halogens is 1. The third-order valence-electron chi connectivity index (χ3n) is 3.88. The summed E-state index contributed by atoms with van der Waals surface area (Å²) >= 11 is 6.00. The number of carbonyl (C=O) groups excluding carboxylic acids is 1. The van der Waals surface area contributed by atoms with E-state index in [0.717, 1.165) is 29.3 Å². The molecule has 26 heavy (non-hydrogen) atoms. The number of nitriles is 1. The van der Waals surface area contributed by atoms with E-state index in [1.54, 1.807) is 17.0 Å². The molecular formula is C19H17ClN4O2. The number of hydrogen-bond acceptors (Lipinski definition) is 5. The first-order valence-corrected chi connectivity index (χ1v) is 8.67. The van der Waals surface area contributed by atoms with Crippen LogP contribution in [-0.2, 0) is 11.3 Å². The second-order valence-electron chi connectivity index (χ2n) is 5.86. The monoisotopic (exact) mass is 368 g/mol. The van der Waals surface area contributed by atoms with E-state index in [4.69, 9.17) is 16.3 Å². The predicted molar refractivity (Wildman–Crippen MR) is 98.0 cm³/mol. The van der Waals surface area contributed by atoms with Crippen LogP contribution in [0.5, 0.6) is 0 Å². The Bertz CT molecular complexity index is 991. The van der Waals surface area contributed by atoms with E-state index in [2.05, 4.69) is 9.97 Å². The van der Waals surface area contributed by atoms with Crippen LogP contribution in [0.1, 0.15) is 41.6 Å². The molecule has 0 bridgehead atoms. The number of carbonyl (C=O) groups is 1. The molecule has 0 amide bonds. The van der Waals surface area contributed by atoms with Gasteiger partial charge in [0.05, 0.1) is 17.1 Å². The zero-order valence-corrected chi connectivity index (χ0v) is 15.0. The Morgan fingerprint density at radius 1 is 1.38 bits per heavy atom. The molecule has 132 valence electrons. The van der Waals surface area contributed by atoms with E-state index in [-0.39, 0.29) is 11.5 Å². The van der Waals surface area contributed by atoms with Crippen LogP contribution in [0.3, 0.4) is 0 Å². The molecule has 0 N–H and O–H groups in total. The highest BCUT2D eigenvalue weighted by Gasteiger charge is 2.15. The molecule has 0 atom stereocenters. The van der Waals surface area contributed by atoms with E-state index in [1.807, 2.05) is 37.3 Å². The highest BCUT2D eigenvalue weighted by Crippen LogP contribution is 2.19. The van der Waals surface area contributed by atoms with Gasteiger partial charge in [0, 0.05) is 24.3 Å². The van der Waals surface area contributed by atoms with Gasteiger partial charge in [-0.05, 0) is 30.2 Å². The van der Waals surface area contributed by atoms with Crippen LogP contribution < -0.4 is 0 Å². The van der Waals surface area contributed by atoms with Crippen molar-refractivity contribution in [3.8, 4) is 6.07 Å². The summed E-state index contributed by atoms with van der Waals surface area (Å²) in [5, 5.41) is 10.8. The number of aromatic nitrogens is 3. The van der Waals surface area contributed by atoms with Crippen LogP contribution in [-0.4, -0.2) is 27.1 Å². The lowest BCUT2D eigenvalue weighted by atomic mass is 10.1. The molecule has 6 nitrogen and oxygen atoms in total. The molecule has 3 rings (SSSR count). The molecule has 0 fully saturated rings. The molecule has 0 spiro atoms. The van der Waals surface area contributed by atoms with Crippen molar-refractivity contribution in [1.29, 1.82) is 5.26 Å². The summed E-state index contributed by atoms with van der Waals surface area (Å²) in [7, 11) is 0. The third kappa shape index (κ3) is 4.01. The first-order chi connectivity index (χ1) is 12.6. The minimum atomic E-state index is -0.511. The summed E-state index contributed by atoms with van der Waals surface area (Å²) in [6, 6.07) is 9.62. The Morgan fingerprint density at radius 3 is 3.00 bits per heavy atom. The fourth-order valence-corrected chi connectivity index (χ4v) is 2.72. The SMILES string of the molecule is CCCCOC(=O)c1cn(Cc2ccc3ncc(Cl)cc3c2)c(C#N)n1. The molecule has 3 aromatic rings. The predicted octanol–water partition coefficient (Wildman–Crippen LogP) is 3.96. The molecule has 0 radical (unpaired) electrons. The van der Waals surface area contributed by atoms with Crippen molar-refractivity contribution < 1.29 is 9.53 Å². The molecule has 0 saturated heterocycles. The number of ether oxygens (including phenoxy) is 1. The Labute approximate surface area is 156 Å². The van der Waals surface area contributed by atoms with E-state index >= 15 is 0 Å². The summed E-state index contributed by atoms with van der Waals surface area (Å²) in [4.78, 5) is 20.4. The topological polar surface area (TPSA) is 80.8 Å². The van der Waals surface area contributed by atoms with Crippen LogP contribution in [0, 0.1) is 11.3 Å². The van der Waals surface area contributed by atoms with E-state index in [0.29, 0.717) is 18.2 Å². The number of nitrogens with zero attached hydrogens (tertiary/aromatic N) is 4. The molecule has 0 aliphatic rings. The largest absolute Gasteiger partial charge is 0.461 e. The number of benzene rings is 1. The maximum atomic E-state index is 12.0. The van der Waals surface area contributed by atoms with Gasteiger partial charge >= 0.3 is 5.97 Å². The standard InChI is InChI=1S/C19H17ClN4O2/c1-2-3-6-26-19(25)17-12-24(18(9-21)23-17)11-13-4-5-16-14(7-13)8-15(20)10-22-16/h4-5,7-8,10,12H,2-3,6,11H2,1H3. The number of pyridine rings is 1. The van der Waals surface area contributed by atoms with E-state index < -0.39 is 5.97 Å². The van der Waals surface area contributed by atoms with Crippen molar-refractivity contribution >= 4 is 28.5 Å². The average molecular weight is 369 g/mol. The lowest BCUT2D eigenvalue weighted by Crippen LogP contribution is -2.06. The molecular weight excluding hydrogens is 352 g/mol. The number of esters is 1. The number of fused-ring (bicyclic) bond motifs is 1. The Balaban J connectivity index is 1.83. The molecule has 7 heteroatoms. The molecule has 0 aliphatic heterocycles. The first kappa shape index (κ1) is 17.9. The van der Waals surface area contributed by atoms with Gasteiger partial charge in [0.1, 0.15) is 6.07 Å². The fraction of sp³-hybridized carbons (Fsp3) is 0.263. The molecule has 0 unspecified atom stereocenters. The number of hydrogen-bond donors (Lipinski definition) is 0. The Kier molecular flexibility index (Phi) is 5.49. The van der Waals surface area contributed by atoms with Gasteiger partial charge < -0.3 is 9.30 Å². The average Bonchev–Trinajstić information content (AvgIpc) is 3.04. The van der Waals surface area contributed by atoms with E-state index in [9.17, 15) is 10.1 Å². The van der Waals surface area contributed by atoms with Crippen LogP contribution in [0.4, 0.5) is 0 Å². The summed E-state index contributed by atoms with van der Waals surface area (Å²) in [6.45, 7) is 2.77. The molecule has 1 aromatic carbocycles. The Hall–Kier alpha value is -2.91. The second-order valence-corrected chi connectivity index (χ2v) is 6.30. The quantitative estimate of drug-likeness (QED) is 0.486. The molecule has 0 saturated carbocycles. The zero-order chi connectivity index (χ0) is 18.5. The lowest BCUT2D eigenvalue weighted by Gasteiger charge is -2.06. The van der Waals surface area contributed by atoms with Crippen LogP contribution in [0.15, 0.2) is 36.7 Å². The van der Waals surface area contributed by atoms with Gasteiger partial charge in [0.25, 0.3) is 0 Å². The Morgan fingerprint density at radius 2 is 2.23 bits per heavy atom. The minimum absolute atomic E-state index is 0.142. The van der Waals surface area contributed by atoms with E-state index in [1.165, 1.54) is 0 Å². The number of unbranched alkanes of at least 4 members (excludes halogenated alkanes) is 1. The van der Waals surface area contributed by atoms with Crippen molar-refractivity contribution in [2.75, 3.05) is 6.61 Å². The van der Waals surface area contributed by atoms with Crippen molar-refractivity contribution in [2.45, 2.75) is 26.3 Å². The molecule has 2 heterocycles. The van der Waals surface area contributed by atoms with Crippen LogP contribution in [0.2, 0.25) is 5.02 Å². The van der Waals surface area contributed by atoms with Gasteiger partial charge in [-0.15, -0.1) is 0 Å². The highest BCUT2D eigenvalue weighted by atomic mass is 35.5. The molecule has 2 aromatic heterocycles.